The summed E-state index contributed by atoms with van der Waals surface area (Å²) in [6.45, 7) is 7.74. The number of carbonyl (C=O) groups is 1. The highest BCUT2D eigenvalue weighted by atomic mass is 35.5. The number of thiophene rings is 1. The van der Waals surface area contributed by atoms with Crippen LogP contribution in [0.5, 0.6) is 0 Å². The van der Waals surface area contributed by atoms with Crippen molar-refractivity contribution in [2.45, 2.75) is 32.9 Å². The first kappa shape index (κ1) is 23.8. The van der Waals surface area contributed by atoms with Gasteiger partial charge in [0, 0.05) is 26.2 Å². The highest BCUT2D eigenvalue weighted by Gasteiger charge is 2.26. The monoisotopic (exact) mass is 435 g/mol. The Hall–Kier alpha value is -1.19. The molecule has 152 valence electrons. The number of amides is 1. The van der Waals surface area contributed by atoms with Crippen molar-refractivity contribution in [3.8, 4) is 10.7 Å². The number of nitrogens with zero attached hydrogens (tertiary/aromatic N) is 4. The van der Waals surface area contributed by atoms with Crippen molar-refractivity contribution in [3.63, 3.8) is 0 Å². The van der Waals surface area contributed by atoms with Gasteiger partial charge in [-0.25, -0.2) is 0 Å². The Morgan fingerprint density at radius 2 is 2.00 bits per heavy atom. The van der Waals surface area contributed by atoms with Crippen molar-refractivity contribution in [2.75, 3.05) is 26.2 Å². The molecule has 1 aliphatic rings. The highest BCUT2D eigenvalue weighted by molar-refractivity contribution is 7.13. The summed E-state index contributed by atoms with van der Waals surface area (Å²) in [4.78, 5) is 21.9. The van der Waals surface area contributed by atoms with Crippen LogP contribution in [0.25, 0.3) is 10.7 Å². The fourth-order valence-corrected chi connectivity index (χ4v) is 3.64. The van der Waals surface area contributed by atoms with Gasteiger partial charge >= 0.3 is 0 Å². The van der Waals surface area contributed by atoms with Gasteiger partial charge < -0.3 is 15.2 Å². The predicted octanol–water partition coefficient (Wildman–Crippen LogP) is 2.66. The SMILES string of the molecule is CC(C)C[C@H](N)C(=O)N1CCN(Cc2nc(-c3cccs3)no2)CC1.Cl.Cl. The molecule has 3 rings (SSSR count). The molecule has 0 bridgehead atoms. The molecular weight excluding hydrogens is 409 g/mol. The smallest absolute Gasteiger partial charge is 0.241 e. The summed E-state index contributed by atoms with van der Waals surface area (Å²) < 4.78 is 5.35. The van der Waals surface area contributed by atoms with E-state index >= 15 is 0 Å². The molecule has 0 spiro atoms. The molecule has 0 aromatic carbocycles. The van der Waals surface area contributed by atoms with Gasteiger partial charge in [-0.05, 0) is 23.8 Å². The molecule has 2 N–H and O–H groups in total. The Balaban J connectivity index is 0.00000182. The molecule has 0 saturated carbocycles. The summed E-state index contributed by atoms with van der Waals surface area (Å²) in [5.74, 6) is 1.74. The van der Waals surface area contributed by atoms with Crippen LogP contribution in [-0.4, -0.2) is 58.1 Å². The summed E-state index contributed by atoms with van der Waals surface area (Å²) in [5.41, 5.74) is 6.02. The van der Waals surface area contributed by atoms with Crippen LogP contribution in [0, 0.1) is 5.92 Å². The van der Waals surface area contributed by atoms with Crippen LogP contribution in [0.1, 0.15) is 26.2 Å². The van der Waals surface area contributed by atoms with Gasteiger partial charge in [0.15, 0.2) is 0 Å². The molecule has 7 nitrogen and oxygen atoms in total. The minimum atomic E-state index is -0.393. The van der Waals surface area contributed by atoms with Gasteiger partial charge in [0.05, 0.1) is 17.5 Å². The molecular formula is C17H27Cl2N5O2S. The van der Waals surface area contributed by atoms with Crippen LogP contribution >= 0.6 is 36.2 Å². The van der Waals surface area contributed by atoms with E-state index in [1.54, 1.807) is 11.3 Å². The van der Waals surface area contributed by atoms with E-state index in [0.717, 1.165) is 24.4 Å². The summed E-state index contributed by atoms with van der Waals surface area (Å²) in [6.07, 6.45) is 0.729. The van der Waals surface area contributed by atoms with Gasteiger partial charge in [-0.3, -0.25) is 9.69 Å². The number of piperazine rings is 1. The second-order valence-corrected chi connectivity index (χ2v) is 7.77. The van der Waals surface area contributed by atoms with Crippen molar-refractivity contribution < 1.29 is 9.32 Å². The van der Waals surface area contributed by atoms with Crippen molar-refractivity contribution in [1.82, 2.24) is 19.9 Å². The van der Waals surface area contributed by atoms with Crippen LogP contribution in [0.3, 0.4) is 0 Å². The summed E-state index contributed by atoms with van der Waals surface area (Å²) in [6, 6.07) is 3.55. The average molecular weight is 436 g/mol. The predicted molar refractivity (Wildman–Crippen MR) is 111 cm³/mol. The number of nitrogens with two attached hydrogens (primary N) is 1. The number of hydrogen-bond acceptors (Lipinski definition) is 7. The summed E-state index contributed by atoms with van der Waals surface area (Å²) >= 11 is 1.59. The lowest BCUT2D eigenvalue weighted by atomic mass is 10.0. The van der Waals surface area contributed by atoms with E-state index in [4.69, 9.17) is 10.3 Å². The lowest BCUT2D eigenvalue weighted by molar-refractivity contribution is -0.134. The second-order valence-electron chi connectivity index (χ2n) is 6.83. The molecule has 1 fully saturated rings. The molecule has 1 amide bonds. The lowest BCUT2D eigenvalue weighted by Gasteiger charge is -2.35. The Labute approximate surface area is 176 Å². The number of hydrogen-bond donors (Lipinski definition) is 1. The molecule has 1 aliphatic heterocycles. The first-order chi connectivity index (χ1) is 12.0. The third kappa shape index (κ3) is 6.43. The van der Waals surface area contributed by atoms with Gasteiger partial charge in [-0.2, -0.15) is 4.98 Å². The van der Waals surface area contributed by atoms with Crippen LogP contribution in [0.2, 0.25) is 0 Å². The first-order valence-corrected chi connectivity index (χ1v) is 9.54. The van der Waals surface area contributed by atoms with E-state index in [1.165, 1.54) is 0 Å². The van der Waals surface area contributed by atoms with Gasteiger partial charge in [0.25, 0.3) is 0 Å². The number of rotatable bonds is 6. The largest absolute Gasteiger partial charge is 0.339 e. The Morgan fingerprint density at radius 1 is 1.30 bits per heavy atom. The normalized spacial score (nSPS) is 15.9. The third-order valence-corrected chi connectivity index (χ3v) is 5.16. The molecule has 1 saturated heterocycles. The zero-order valence-electron chi connectivity index (χ0n) is 15.5. The van der Waals surface area contributed by atoms with E-state index in [2.05, 4.69) is 28.9 Å². The topological polar surface area (TPSA) is 88.5 Å². The van der Waals surface area contributed by atoms with Gasteiger partial charge in [-0.15, -0.1) is 36.2 Å². The van der Waals surface area contributed by atoms with Crippen LogP contribution in [0.4, 0.5) is 0 Å². The maximum absolute atomic E-state index is 12.4. The Kier molecular flexibility index (Phi) is 9.69. The van der Waals surface area contributed by atoms with Crippen molar-refractivity contribution in [2.24, 2.45) is 11.7 Å². The minimum Gasteiger partial charge on any atom is -0.339 e. The standard InChI is InChI=1S/C17H25N5O2S.2ClH/c1-12(2)10-13(18)17(23)22-7-5-21(6-8-22)11-15-19-16(20-24-15)14-4-3-9-25-14;;/h3-4,9,12-13H,5-8,10-11,18H2,1-2H3;2*1H/t13-;;/m0../s1. The van der Waals surface area contributed by atoms with Crippen molar-refractivity contribution >= 4 is 42.1 Å². The fourth-order valence-electron chi connectivity index (χ4n) is 2.99. The van der Waals surface area contributed by atoms with Gasteiger partial charge in [-0.1, -0.05) is 25.1 Å². The number of halogens is 2. The Morgan fingerprint density at radius 3 is 2.59 bits per heavy atom. The first-order valence-electron chi connectivity index (χ1n) is 8.66. The lowest BCUT2D eigenvalue weighted by Crippen LogP contribution is -2.53. The third-order valence-electron chi connectivity index (χ3n) is 4.30. The molecule has 2 aromatic rings. The summed E-state index contributed by atoms with van der Waals surface area (Å²) in [5, 5.41) is 6.03. The van der Waals surface area contributed by atoms with Crippen molar-refractivity contribution in [3.05, 3.63) is 23.4 Å². The molecule has 2 aromatic heterocycles. The van der Waals surface area contributed by atoms with E-state index in [1.807, 2.05) is 22.4 Å². The van der Waals surface area contributed by atoms with E-state index < -0.39 is 6.04 Å². The van der Waals surface area contributed by atoms with Gasteiger partial charge in [0.1, 0.15) is 0 Å². The molecule has 0 unspecified atom stereocenters. The van der Waals surface area contributed by atoms with Crippen LogP contribution in [-0.2, 0) is 11.3 Å². The van der Waals surface area contributed by atoms with Crippen LogP contribution in [0.15, 0.2) is 22.0 Å². The maximum atomic E-state index is 12.4. The number of carbonyl (C=O) groups excluding carboxylic acids is 1. The fraction of sp³-hybridized carbons (Fsp3) is 0.588. The average Bonchev–Trinajstić information content (AvgIpc) is 3.25. The van der Waals surface area contributed by atoms with E-state index in [0.29, 0.717) is 37.3 Å². The minimum absolute atomic E-state index is 0. The quantitative estimate of drug-likeness (QED) is 0.749. The molecule has 3 heterocycles. The molecule has 27 heavy (non-hydrogen) atoms. The van der Waals surface area contributed by atoms with Crippen LogP contribution < -0.4 is 5.73 Å². The zero-order chi connectivity index (χ0) is 17.8. The molecule has 0 radical (unpaired) electrons. The zero-order valence-corrected chi connectivity index (χ0v) is 18.0. The molecule has 10 heteroatoms. The Bertz CT molecular complexity index is 687. The maximum Gasteiger partial charge on any atom is 0.241 e. The van der Waals surface area contributed by atoms with Crippen molar-refractivity contribution in [1.29, 1.82) is 0 Å². The van der Waals surface area contributed by atoms with E-state index in [9.17, 15) is 4.79 Å². The summed E-state index contributed by atoms with van der Waals surface area (Å²) in [7, 11) is 0. The van der Waals surface area contributed by atoms with E-state index in [-0.39, 0.29) is 30.7 Å². The molecule has 0 aliphatic carbocycles. The molecule has 1 atom stereocenters. The number of aromatic nitrogens is 2. The second kappa shape index (κ2) is 11.0. The highest BCUT2D eigenvalue weighted by Crippen LogP contribution is 2.21. The van der Waals surface area contributed by atoms with Gasteiger partial charge in [0.2, 0.25) is 17.6 Å².